The Kier molecular flexibility index (Phi) is 7.95. The third-order valence-corrected chi connectivity index (χ3v) is 5.26. The SMILES string of the molecule is C#CC[C@]1(C(=O)NC[C@H]2CN(CC(C)C)CCO2)CCCN1C(=O)OC(C)(C)C. The number of hydrogen-bond acceptors (Lipinski definition) is 5. The molecule has 0 spiro atoms. The van der Waals surface area contributed by atoms with E-state index in [1.54, 1.807) is 0 Å². The highest BCUT2D eigenvalue weighted by molar-refractivity contribution is 5.91. The first-order valence-electron chi connectivity index (χ1n) is 10.6. The largest absolute Gasteiger partial charge is 0.444 e. The van der Waals surface area contributed by atoms with Crippen LogP contribution in [-0.4, -0.2) is 78.4 Å². The number of carbonyl (C=O) groups excluding carboxylic acids is 2. The lowest BCUT2D eigenvalue weighted by Crippen LogP contribution is -2.59. The van der Waals surface area contributed by atoms with Gasteiger partial charge in [0.15, 0.2) is 0 Å². The van der Waals surface area contributed by atoms with Gasteiger partial charge >= 0.3 is 6.09 Å². The molecule has 2 atom stereocenters. The molecule has 29 heavy (non-hydrogen) atoms. The minimum absolute atomic E-state index is 0.0642. The Morgan fingerprint density at radius 2 is 2.07 bits per heavy atom. The molecule has 164 valence electrons. The van der Waals surface area contributed by atoms with Gasteiger partial charge in [-0.1, -0.05) is 13.8 Å². The topological polar surface area (TPSA) is 71.1 Å². The molecule has 2 aliphatic rings. The highest BCUT2D eigenvalue weighted by atomic mass is 16.6. The second kappa shape index (κ2) is 9.82. The van der Waals surface area contributed by atoms with E-state index in [4.69, 9.17) is 15.9 Å². The molecule has 0 aromatic heterocycles. The summed E-state index contributed by atoms with van der Waals surface area (Å²) >= 11 is 0. The summed E-state index contributed by atoms with van der Waals surface area (Å²) in [5.74, 6) is 2.96. The second-order valence-electron chi connectivity index (χ2n) is 9.50. The van der Waals surface area contributed by atoms with Gasteiger partial charge in [0.25, 0.3) is 0 Å². The molecule has 0 unspecified atom stereocenters. The summed E-state index contributed by atoms with van der Waals surface area (Å²) in [6, 6.07) is 0. The van der Waals surface area contributed by atoms with Crippen molar-refractivity contribution in [2.75, 3.05) is 39.3 Å². The minimum atomic E-state index is -1.05. The first-order chi connectivity index (χ1) is 13.6. The number of nitrogens with zero attached hydrogens (tertiary/aromatic N) is 2. The van der Waals surface area contributed by atoms with Crippen molar-refractivity contribution in [2.45, 2.75) is 71.1 Å². The van der Waals surface area contributed by atoms with Crippen LogP contribution in [0.15, 0.2) is 0 Å². The van der Waals surface area contributed by atoms with Crippen molar-refractivity contribution in [1.82, 2.24) is 15.1 Å². The van der Waals surface area contributed by atoms with E-state index in [1.807, 2.05) is 20.8 Å². The number of likely N-dealkylation sites (tertiary alicyclic amines) is 1. The van der Waals surface area contributed by atoms with Gasteiger partial charge in [-0.2, -0.15) is 0 Å². The van der Waals surface area contributed by atoms with Gasteiger partial charge in [-0.05, 0) is 39.5 Å². The van der Waals surface area contributed by atoms with E-state index in [0.29, 0.717) is 32.0 Å². The summed E-state index contributed by atoms with van der Waals surface area (Å²) in [5.41, 5.74) is -1.68. The average Bonchev–Trinajstić information content (AvgIpc) is 3.03. The van der Waals surface area contributed by atoms with Gasteiger partial charge in [0.2, 0.25) is 5.91 Å². The van der Waals surface area contributed by atoms with Gasteiger partial charge in [0.05, 0.1) is 12.7 Å². The Hall–Kier alpha value is -1.78. The predicted molar refractivity (Wildman–Crippen MR) is 112 cm³/mol. The standard InChI is InChI=1S/C22H37N3O4/c1-7-9-22(10-8-11-25(22)20(27)29-21(4,5)6)19(26)23-14-18-16-24(12-13-28-18)15-17(2)3/h1,17-18H,8-16H2,2-6H3,(H,23,26)/t18-,22+/m0/s1. The third kappa shape index (κ3) is 6.35. The van der Waals surface area contributed by atoms with Gasteiger partial charge in [-0.15, -0.1) is 12.3 Å². The van der Waals surface area contributed by atoms with Crippen LogP contribution in [0, 0.1) is 18.3 Å². The molecule has 0 radical (unpaired) electrons. The van der Waals surface area contributed by atoms with Crippen LogP contribution in [0.3, 0.4) is 0 Å². The average molecular weight is 408 g/mol. The monoisotopic (exact) mass is 407 g/mol. The molecule has 2 fully saturated rings. The Morgan fingerprint density at radius 3 is 2.69 bits per heavy atom. The first kappa shape index (κ1) is 23.5. The Morgan fingerprint density at radius 1 is 1.34 bits per heavy atom. The molecular weight excluding hydrogens is 370 g/mol. The van der Waals surface area contributed by atoms with E-state index in [0.717, 1.165) is 26.1 Å². The van der Waals surface area contributed by atoms with E-state index in [9.17, 15) is 9.59 Å². The van der Waals surface area contributed by atoms with Crippen molar-refractivity contribution in [2.24, 2.45) is 5.92 Å². The van der Waals surface area contributed by atoms with E-state index >= 15 is 0 Å². The van der Waals surface area contributed by atoms with Crippen LogP contribution in [-0.2, 0) is 14.3 Å². The summed E-state index contributed by atoms with van der Waals surface area (Å²) in [5, 5.41) is 3.01. The molecule has 0 aromatic carbocycles. The molecule has 2 amide bonds. The van der Waals surface area contributed by atoms with Crippen LogP contribution in [0.25, 0.3) is 0 Å². The Bertz CT molecular complexity index is 623. The molecular formula is C22H37N3O4. The van der Waals surface area contributed by atoms with Crippen LogP contribution in [0.5, 0.6) is 0 Å². The van der Waals surface area contributed by atoms with Crippen molar-refractivity contribution in [3.63, 3.8) is 0 Å². The minimum Gasteiger partial charge on any atom is -0.444 e. The van der Waals surface area contributed by atoms with Crippen LogP contribution >= 0.6 is 0 Å². The number of rotatable bonds is 6. The maximum absolute atomic E-state index is 13.2. The van der Waals surface area contributed by atoms with Gasteiger partial charge in [0.1, 0.15) is 11.1 Å². The third-order valence-electron chi connectivity index (χ3n) is 5.26. The van der Waals surface area contributed by atoms with Crippen LogP contribution < -0.4 is 5.32 Å². The fourth-order valence-corrected chi connectivity index (χ4v) is 4.09. The van der Waals surface area contributed by atoms with Gasteiger partial charge in [-0.25, -0.2) is 4.79 Å². The molecule has 2 rings (SSSR count). The molecule has 0 aliphatic carbocycles. The van der Waals surface area contributed by atoms with E-state index in [2.05, 4.69) is 30.0 Å². The molecule has 0 aromatic rings. The number of amides is 2. The molecule has 2 heterocycles. The molecule has 7 heteroatoms. The number of morpholine rings is 1. The van der Waals surface area contributed by atoms with E-state index < -0.39 is 17.2 Å². The quantitative estimate of drug-likeness (QED) is 0.684. The van der Waals surface area contributed by atoms with Crippen molar-refractivity contribution in [1.29, 1.82) is 0 Å². The van der Waals surface area contributed by atoms with E-state index in [1.165, 1.54) is 4.90 Å². The lowest BCUT2D eigenvalue weighted by molar-refractivity contribution is -0.132. The summed E-state index contributed by atoms with van der Waals surface area (Å²) < 4.78 is 11.4. The summed E-state index contributed by atoms with van der Waals surface area (Å²) in [6.45, 7) is 14.1. The first-order valence-corrected chi connectivity index (χ1v) is 10.6. The highest BCUT2D eigenvalue weighted by Crippen LogP contribution is 2.34. The van der Waals surface area contributed by atoms with Gasteiger partial charge in [0, 0.05) is 39.1 Å². The van der Waals surface area contributed by atoms with E-state index in [-0.39, 0.29) is 18.4 Å². The zero-order valence-electron chi connectivity index (χ0n) is 18.6. The van der Waals surface area contributed by atoms with Crippen LogP contribution in [0.1, 0.15) is 53.9 Å². The molecule has 2 aliphatic heterocycles. The number of terminal acetylenes is 1. The smallest absolute Gasteiger partial charge is 0.411 e. The zero-order valence-corrected chi connectivity index (χ0v) is 18.6. The molecule has 0 saturated carbocycles. The van der Waals surface area contributed by atoms with Crippen molar-refractivity contribution < 1.29 is 19.1 Å². The van der Waals surface area contributed by atoms with Crippen molar-refractivity contribution >= 4 is 12.0 Å². The second-order valence-corrected chi connectivity index (χ2v) is 9.50. The van der Waals surface area contributed by atoms with Crippen molar-refractivity contribution in [3.05, 3.63) is 0 Å². The van der Waals surface area contributed by atoms with Crippen LogP contribution in [0.4, 0.5) is 4.79 Å². The fourth-order valence-electron chi connectivity index (χ4n) is 4.09. The molecule has 7 nitrogen and oxygen atoms in total. The number of hydrogen-bond donors (Lipinski definition) is 1. The summed E-state index contributed by atoms with van der Waals surface area (Å²) in [6.07, 6.45) is 6.46. The Balaban J connectivity index is 2.03. The van der Waals surface area contributed by atoms with Crippen molar-refractivity contribution in [3.8, 4) is 12.3 Å². The predicted octanol–water partition coefficient (Wildman–Crippen LogP) is 2.25. The lowest BCUT2D eigenvalue weighted by atomic mass is 9.91. The molecule has 0 bridgehead atoms. The molecule has 2 saturated heterocycles. The lowest BCUT2D eigenvalue weighted by Gasteiger charge is -2.38. The number of nitrogens with one attached hydrogen (secondary N) is 1. The fraction of sp³-hybridized carbons (Fsp3) is 0.818. The van der Waals surface area contributed by atoms with Gasteiger partial charge < -0.3 is 14.8 Å². The number of carbonyl (C=O) groups is 2. The zero-order chi connectivity index (χ0) is 21.7. The Labute approximate surface area is 175 Å². The van der Waals surface area contributed by atoms with Gasteiger partial charge in [-0.3, -0.25) is 14.6 Å². The normalized spacial score (nSPS) is 25.7. The maximum Gasteiger partial charge on any atom is 0.411 e. The summed E-state index contributed by atoms with van der Waals surface area (Å²) in [4.78, 5) is 29.8. The van der Waals surface area contributed by atoms with Crippen LogP contribution in [0.2, 0.25) is 0 Å². The maximum atomic E-state index is 13.2. The summed E-state index contributed by atoms with van der Waals surface area (Å²) in [7, 11) is 0. The number of ether oxygens (including phenoxy) is 2. The highest BCUT2D eigenvalue weighted by Gasteiger charge is 2.50. The molecule has 1 N–H and O–H groups in total.